The maximum atomic E-state index is 13.5. The van der Waals surface area contributed by atoms with Crippen molar-refractivity contribution >= 4 is 46.6 Å². The van der Waals surface area contributed by atoms with Gasteiger partial charge in [-0.3, -0.25) is 29.4 Å². The summed E-state index contributed by atoms with van der Waals surface area (Å²) in [6.45, 7) is 7.56. The van der Waals surface area contributed by atoms with Crippen LogP contribution in [0.5, 0.6) is 0 Å². The fraction of sp³-hybridized carbons (Fsp3) is 0.500. The zero-order chi connectivity index (χ0) is 41.3. The molecule has 3 aromatic rings. The molecule has 14 nitrogen and oxygen atoms in total. The Hall–Kier alpha value is -5.76. The Labute approximate surface area is 340 Å². The Balaban J connectivity index is 0.737. The summed E-state index contributed by atoms with van der Waals surface area (Å²) in [5, 5.41) is 14.4. The third-order valence-electron chi connectivity index (χ3n) is 12.5. The number of benzene rings is 1. The number of piperidine rings is 3. The molecule has 0 aliphatic carbocycles. The molecule has 2 N–H and O–H groups in total. The molecule has 17 heteroatoms. The summed E-state index contributed by atoms with van der Waals surface area (Å²) < 4.78 is 40.4. The number of halogens is 3. The topological polar surface area (TPSA) is 158 Å². The Kier molecular flexibility index (Phi) is 11.4. The molecule has 1 atom stereocenters. The SMILES string of the molecule is N#Cc1ccc(N2CCC(C(=O)Nc3ccc(N4CCC(CCN5CCN(c6ccc7c(n6)CN(C6CCC(=O)NC6=O)C7=O)CC5)CC4)cn3)CC2)cc1C(F)(F)F. The van der Waals surface area contributed by atoms with Gasteiger partial charge in [-0.05, 0) is 93.5 Å². The number of nitrogens with zero attached hydrogens (tertiary/aromatic N) is 8. The minimum absolute atomic E-state index is 0.152. The average Bonchev–Trinajstić information content (AvgIpc) is 3.57. The Morgan fingerprint density at radius 2 is 1.58 bits per heavy atom. The lowest BCUT2D eigenvalue weighted by atomic mass is 9.93. The number of alkyl halides is 3. The van der Waals surface area contributed by atoms with Crippen molar-refractivity contribution in [2.45, 2.75) is 63.7 Å². The summed E-state index contributed by atoms with van der Waals surface area (Å²) in [6.07, 6.45) is 2.01. The second kappa shape index (κ2) is 16.8. The first-order chi connectivity index (χ1) is 28.4. The highest BCUT2D eigenvalue weighted by Gasteiger charge is 2.40. The highest BCUT2D eigenvalue weighted by atomic mass is 19.4. The Morgan fingerprint density at radius 1 is 0.864 bits per heavy atom. The third kappa shape index (κ3) is 8.82. The zero-order valence-corrected chi connectivity index (χ0v) is 32.7. The van der Waals surface area contributed by atoms with Crippen LogP contribution < -0.4 is 25.3 Å². The van der Waals surface area contributed by atoms with Gasteiger partial charge < -0.3 is 24.9 Å². The van der Waals surface area contributed by atoms with Crippen molar-refractivity contribution in [1.29, 1.82) is 5.26 Å². The highest BCUT2D eigenvalue weighted by molar-refractivity contribution is 6.05. The number of carbonyl (C=O) groups is 4. The van der Waals surface area contributed by atoms with E-state index in [1.54, 1.807) is 12.3 Å². The maximum absolute atomic E-state index is 13.5. The molecular weight excluding hydrogens is 766 g/mol. The van der Waals surface area contributed by atoms with Gasteiger partial charge in [0.25, 0.3) is 5.91 Å². The Bertz CT molecular complexity index is 2120. The number of carbonyl (C=O) groups excluding carboxylic acids is 4. The zero-order valence-electron chi connectivity index (χ0n) is 32.7. The van der Waals surface area contributed by atoms with E-state index in [2.05, 4.69) is 30.3 Å². The number of piperazine rings is 1. The molecule has 5 aliphatic heterocycles. The summed E-state index contributed by atoms with van der Waals surface area (Å²) in [5.74, 6) is 0.561. The van der Waals surface area contributed by atoms with Crippen LogP contribution in [-0.2, 0) is 27.1 Å². The lowest BCUT2D eigenvalue weighted by Gasteiger charge is -2.37. The highest BCUT2D eigenvalue weighted by Crippen LogP contribution is 2.36. The third-order valence-corrected chi connectivity index (χ3v) is 12.5. The van der Waals surface area contributed by atoms with E-state index >= 15 is 0 Å². The normalized spacial score (nSPS) is 21.1. The van der Waals surface area contributed by atoms with Gasteiger partial charge in [0.05, 0.1) is 46.9 Å². The van der Waals surface area contributed by atoms with Crippen molar-refractivity contribution in [3.8, 4) is 6.07 Å². The quantitative estimate of drug-likeness (QED) is 0.295. The van der Waals surface area contributed by atoms with E-state index in [4.69, 9.17) is 10.2 Å². The predicted octanol–water partition coefficient (Wildman–Crippen LogP) is 4.41. The maximum Gasteiger partial charge on any atom is 0.417 e. The fourth-order valence-electron chi connectivity index (χ4n) is 8.98. The monoisotopic (exact) mass is 812 g/mol. The summed E-state index contributed by atoms with van der Waals surface area (Å²) >= 11 is 0. The largest absolute Gasteiger partial charge is 0.417 e. The second-order valence-electron chi connectivity index (χ2n) is 16.1. The van der Waals surface area contributed by atoms with Crippen LogP contribution >= 0.6 is 0 Å². The number of nitrogens with one attached hydrogen (secondary N) is 2. The van der Waals surface area contributed by atoms with E-state index in [1.807, 2.05) is 29.2 Å². The molecular formula is C42H47F3N10O4. The van der Waals surface area contributed by atoms with Gasteiger partial charge in [-0.2, -0.15) is 18.4 Å². The first kappa shape index (κ1) is 40.0. The number of imide groups is 1. The van der Waals surface area contributed by atoms with E-state index in [-0.39, 0.29) is 36.6 Å². The van der Waals surface area contributed by atoms with Crippen LogP contribution in [0.15, 0.2) is 48.7 Å². The first-order valence-electron chi connectivity index (χ1n) is 20.4. The van der Waals surface area contributed by atoms with E-state index in [0.717, 1.165) is 82.6 Å². The van der Waals surface area contributed by atoms with Crippen molar-refractivity contribution in [3.05, 3.63) is 71.0 Å². The number of pyridine rings is 2. The van der Waals surface area contributed by atoms with Gasteiger partial charge in [-0.15, -0.1) is 0 Å². The molecule has 0 bridgehead atoms. The van der Waals surface area contributed by atoms with Gasteiger partial charge >= 0.3 is 6.18 Å². The number of amides is 4. The van der Waals surface area contributed by atoms with Crippen molar-refractivity contribution in [1.82, 2.24) is 25.1 Å². The molecule has 0 spiro atoms. The summed E-state index contributed by atoms with van der Waals surface area (Å²) in [5.41, 5.74) is 1.25. The van der Waals surface area contributed by atoms with Crippen LogP contribution in [0.3, 0.4) is 0 Å². The average molecular weight is 813 g/mol. The van der Waals surface area contributed by atoms with Gasteiger partial charge in [-0.25, -0.2) is 9.97 Å². The van der Waals surface area contributed by atoms with Crippen LogP contribution in [0.25, 0.3) is 0 Å². The van der Waals surface area contributed by atoms with Crippen LogP contribution in [0.1, 0.15) is 72.1 Å². The van der Waals surface area contributed by atoms with E-state index in [1.165, 1.54) is 17.0 Å². The van der Waals surface area contributed by atoms with E-state index < -0.39 is 29.3 Å². The summed E-state index contributed by atoms with van der Waals surface area (Å²) in [4.78, 5) is 69.9. The van der Waals surface area contributed by atoms with Crippen molar-refractivity contribution < 1.29 is 32.3 Å². The molecule has 4 amide bonds. The van der Waals surface area contributed by atoms with Crippen LogP contribution in [-0.4, -0.2) is 108 Å². The number of aromatic nitrogens is 2. The van der Waals surface area contributed by atoms with Gasteiger partial charge in [-0.1, -0.05) is 0 Å². The van der Waals surface area contributed by atoms with Crippen LogP contribution in [0, 0.1) is 23.2 Å². The molecule has 59 heavy (non-hydrogen) atoms. The van der Waals surface area contributed by atoms with Crippen molar-refractivity contribution in [2.24, 2.45) is 11.8 Å². The Morgan fingerprint density at radius 3 is 2.25 bits per heavy atom. The smallest absolute Gasteiger partial charge is 0.371 e. The number of nitriles is 1. The first-order valence-corrected chi connectivity index (χ1v) is 20.4. The number of fused-ring (bicyclic) bond motifs is 1. The lowest BCUT2D eigenvalue weighted by Crippen LogP contribution is -2.52. The number of hydrogen-bond donors (Lipinski definition) is 2. The molecule has 310 valence electrons. The van der Waals surface area contributed by atoms with Crippen molar-refractivity contribution in [2.75, 3.05) is 78.9 Å². The molecule has 1 aromatic carbocycles. The number of hydrogen-bond acceptors (Lipinski definition) is 11. The molecule has 0 radical (unpaired) electrons. The molecule has 7 heterocycles. The molecule has 0 saturated carbocycles. The van der Waals surface area contributed by atoms with Crippen LogP contribution in [0.4, 0.5) is 36.2 Å². The van der Waals surface area contributed by atoms with Gasteiger partial charge in [0, 0.05) is 70.4 Å². The van der Waals surface area contributed by atoms with E-state index in [0.29, 0.717) is 61.0 Å². The van der Waals surface area contributed by atoms with Crippen LogP contribution in [0.2, 0.25) is 0 Å². The van der Waals surface area contributed by atoms with Gasteiger partial charge in [0.15, 0.2) is 0 Å². The molecule has 4 saturated heterocycles. The fourth-order valence-corrected chi connectivity index (χ4v) is 8.98. The predicted molar refractivity (Wildman–Crippen MR) is 212 cm³/mol. The summed E-state index contributed by atoms with van der Waals surface area (Å²) in [6, 6.07) is 12.2. The second-order valence-corrected chi connectivity index (χ2v) is 16.1. The number of anilines is 4. The lowest BCUT2D eigenvalue weighted by molar-refractivity contribution is -0.138. The summed E-state index contributed by atoms with van der Waals surface area (Å²) in [7, 11) is 0. The molecule has 8 rings (SSSR count). The molecule has 1 unspecified atom stereocenters. The minimum atomic E-state index is -4.62. The molecule has 4 fully saturated rings. The molecule has 2 aromatic heterocycles. The van der Waals surface area contributed by atoms with Gasteiger partial charge in [0.1, 0.15) is 17.7 Å². The minimum Gasteiger partial charge on any atom is -0.371 e. The standard InChI is InChI=1S/C42H47F3N10O4/c43-42(44,45)33-23-30(2-1-29(33)24-46)52-17-12-28(13-18-52)39(57)49-36-6-3-31(25-47-36)53-15-10-27(11-16-53)9-14-51-19-21-54(22-20-51)37-7-4-32-34(48-37)26-55(41(32)59)35-5-8-38(56)50-40(35)58/h1-4,6-7,23,25,27-28,35H,5,8-22,26H2,(H,47,49,57)(H,50,56,58). The van der Waals surface area contributed by atoms with Crippen molar-refractivity contribution in [3.63, 3.8) is 0 Å². The van der Waals surface area contributed by atoms with Gasteiger partial charge in [0.2, 0.25) is 17.7 Å². The van der Waals surface area contributed by atoms with E-state index in [9.17, 15) is 32.3 Å². The number of rotatable bonds is 9. The molecule has 5 aliphatic rings.